The molecule has 0 saturated carbocycles. The molecule has 2 N–H and O–H groups in total. The van der Waals surface area contributed by atoms with Gasteiger partial charge in [0, 0.05) is 26.3 Å². The maximum absolute atomic E-state index is 5.46. The summed E-state index contributed by atoms with van der Waals surface area (Å²) >= 11 is 0. The molecular weight excluding hydrogens is 248 g/mol. The Bertz CT molecular complexity index is 362. The molecule has 0 radical (unpaired) electrons. The van der Waals surface area contributed by atoms with Crippen molar-refractivity contribution >= 4 is 6.01 Å². The van der Waals surface area contributed by atoms with E-state index in [0.29, 0.717) is 31.6 Å². The molecule has 19 heavy (non-hydrogen) atoms. The molecule has 0 aliphatic carbocycles. The van der Waals surface area contributed by atoms with Crippen molar-refractivity contribution in [2.45, 2.75) is 39.0 Å². The highest BCUT2D eigenvalue weighted by Crippen LogP contribution is 2.07. The molecule has 1 aromatic heterocycles. The average Bonchev–Trinajstić information content (AvgIpc) is 2.79. The van der Waals surface area contributed by atoms with Crippen LogP contribution in [0.25, 0.3) is 0 Å². The Labute approximate surface area is 114 Å². The van der Waals surface area contributed by atoms with Gasteiger partial charge in [0.1, 0.15) is 0 Å². The Morgan fingerprint density at radius 3 is 2.58 bits per heavy atom. The van der Waals surface area contributed by atoms with E-state index in [1.807, 2.05) is 0 Å². The molecule has 0 aliphatic heterocycles. The van der Waals surface area contributed by atoms with Gasteiger partial charge in [-0.2, -0.15) is 0 Å². The molecule has 0 fully saturated rings. The predicted octanol–water partition coefficient (Wildman–Crippen LogP) is 1.03. The van der Waals surface area contributed by atoms with Crippen LogP contribution >= 0.6 is 0 Å². The molecule has 0 amide bonds. The molecule has 110 valence electrons. The Morgan fingerprint density at radius 2 is 2.00 bits per heavy atom. The van der Waals surface area contributed by atoms with Crippen molar-refractivity contribution in [3.05, 3.63) is 5.89 Å². The number of aromatic nitrogens is 2. The van der Waals surface area contributed by atoms with E-state index in [-0.39, 0.29) is 11.6 Å². The number of hydrogen-bond acceptors (Lipinski definition) is 7. The van der Waals surface area contributed by atoms with Gasteiger partial charge in [-0.3, -0.25) is 0 Å². The summed E-state index contributed by atoms with van der Waals surface area (Å²) in [7, 11) is 3.27. The quantitative estimate of drug-likeness (QED) is 0.731. The fourth-order valence-electron chi connectivity index (χ4n) is 1.33. The van der Waals surface area contributed by atoms with Gasteiger partial charge in [-0.15, -0.1) is 5.10 Å². The van der Waals surface area contributed by atoms with Gasteiger partial charge in [-0.1, -0.05) is 5.10 Å². The van der Waals surface area contributed by atoms with E-state index in [0.717, 1.165) is 0 Å². The second-order valence-corrected chi connectivity index (χ2v) is 5.30. The smallest absolute Gasteiger partial charge is 0.315 e. The van der Waals surface area contributed by atoms with Gasteiger partial charge in [-0.25, -0.2) is 0 Å². The Balaban J connectivity index is 2.38. The predicted molar refractivity (Wildman–Crippen MR) is 72.1 cm³/mol. The summed E-state index contributed by atoms with van der Waals surface area (Å²) in [5, 5.41) is 14.2. The lowest BCUT2D eigenvalue weighted by molar-refractivity contribution is 0.0363. The zero-order valence-corrected chi connectivity index (χ0v) is 12.3. The van der Waals surface area contributed by atoms with Crippen LogP contribution in [0.4, 0.5) is 6.01 Å². The third kappa shape index (κ3) is 6.51. The van der Waals surface area contributed by atoms with Gasteiger partial charge < -0.3 is 24.5 Å². The number of methoxy groups -OCH3 is 2. The van der Waals surface area contributed by atoms with Gasteiger partial charge in [0.15, 0.2) is 0 Å². The summed E-state index contributed by atoms with van der Waals surface area (Å²) in [6.45, 7) is 7.85. The third-order valence-corrected chi connectivity index (χ3v) is 2.40. The van der Waals surface area contributed by atoms with Crippen LogP contribution in [0.3, 0.4) is 0 Å². The highest BCUT2D eigenvalue weighted by atomic mass is 16.5. The van der Waals surface area contributed by atoms with Crippen LogP contribution in [0.1, 0.15) is 26.7 Å². The van der Waals surface area contributed by atoms with E-state index < -0.39 is 0 Å². The van der Waals surface area contributed by atoms with Crippen LogP contribution in [-0.2, 0) is 16.0 Å². The van der Waals surface area contributed by atoms with Crippen LogP contribution in [0.5, 0.6) is 0 Å². The number of hydrogen-bond donors (Lipinski definition) is 2. The van der Waals surface area contributed by atoms with E-state index in [4.69, 9.17) is 13.9 Å². The van der Waals surface area contributed by atoms with Crippen molar-refractivity contribution in [2.24, 2.45) is 0 Å². The zero-order valence-electron chi connectivity index (χ0n) is 12.3. The van der Waals surface area contributed by atoms with E-state index in [9.17, 15) is 0 Å². The fourth-order valence-corrected chi connectivity index (χ4v) is 1.33. The van der Waals surface area contributed by atoms with Crippen molar-refractivity contribution in [3.63, 3.8) is 0 Å². The lowest BCUT2D eigenvalue weighted by atomic mass is 10.1. The van der Waals surface area contributed by atoms with E-state index in [2.05, 4.69) is 41.6 Å². The average molecular weight is 272 g/mol. The normalized spacial score (nSPS) is 13.5. The summed E-state index contributed by atoms with van der Waals surface area (Å²) in [5.74, 6) is 0.554. The highest BCUT2D eigenvalue weighted by molar-refractivity contribution is 5.17. The fraction of sp³-hybridized carbons (Fsp3) is 0.833. The van der Waals surface area contributed by atoms with Crippen molar-refractivity contribution < 1.29 is 13.9 Å². The summed E-state index contributed by atoms with van der Waals surface area (Å²) in [5.41, 5.74) is 0.0155. The number of ether oxygens (including phenoxy) is 2. The molecule has 0 bridgehead atoms. The molecular formula is C12H24N4O3. The first-order chi connectivity index (χ1) is 8.94. The molecule has 1 unspecified atom stereocenters. The van der Waals surface area contributed by atoms with E-state index >= 15 is 0 Å². The van der Waals surface area contributed by atoms with Gasteiger partial charge >= 0.3 is 6.01 Å². The Morgan fingerprint density at radius 1 is 1.26 bits per heavy atom. The van der Waals surface area contributed by atoms with Gasteiger partial charge in [0.05, 0.1) is 19.3 Å². The van der Waals surface area contributed by atoms with Gasteiger partial charge in [0.25, 0.3) is 0 Å². The lowest BCUT2D eigenvalue weighted by Gasteiger charge is -2.18. The molecule has 1 aromatic rings. The maximum Gasteiger partial charge on any atom is 0.315 e. The van der Waals surface area contributed by atoms with Crippen LogP contribution in [0.2, 0.25) is 0 Å². The second-order valence-electron chi connectivity index (χ2n) is 5.30. The monoisotopic (exact) mass is 272 g/mol. The summed E-state index contributed by atoms with van der Waals surface area (Å²) in [4.78, 5) is 0. The van der Waals surface area contributed by atoms with Crippen molar-refractivity contribution in [1.29, 1.82) is 0 Å². The van der Waals surface area contributed by atoms with E-state index in [1.54, 1.807) is 14.2 Å². The molecule has 7 heteroatoms. The van der Waals surface area contributed by atoms with Crippen LogP contribution < -0.4 is 10.6 Å². The zero-order chi connectivity index (χ0) is 14.3. The van der Waals surface area contributed by atoms with Crippen LogP contribution in [-0.4, -0.2) is 49.2 Å². The molecule has 1 atom stereocenters. The number of nitrogens with one attached hydrogen (secondary N) is 2. The first kappa shape index (κ1) is 15.9. The second kappa shape index (κ2) is 7.42. The van der Waals surface area contributed by atoms with Crippen LogP contribution in [0.15, 0.2) is 4.42 Å². The van der Waals surface area contributed by atoms with Gasteiger partial charge in [-0.05, 0) is 20.8 Å². The molecule has 0 spiro atoms. The third-order valence-electron chi connectivity index (χ3n) is 2.40. The highest BCUT2D eigenvalue weighted by Gasteiger charge is 2.13. The summed E-state index contributed by atoms with van der Waals surface area (Å²) in [6.07, 6.45) is -0.0481. The molecule has 0 saturated heterocycles. The van der Waals surface area contributed by atoms with Crippen molar-refractivity contribution in [1.82, 2.24) is 15.5 Å². The molecule has 1 rings (SSSR count). The van der Waals surface area contributed by atoms with Gasteiger partial charge in [0.2, 0.25) is 5.89 Å². The molecule has 7 nitrogen and oxygen atoms in total. The topological polar surface area (TPSA) is 81.4 Å². The van der Waals surface area contributed by atoms with Crippen molar-refractivity contribution in [2.75, 3.05) is 32.7 Å². The summed E-state index contributed by atoms with van der Waals surface area (Å²) < 4.78 is 15.7. The SMILES string of the molecule is COCC(CNc1nnc(CNC(C)(C)C)o1)OC. The van der Waals surface area contributed by atoms with E-state index in [1.165, 1.54) is 0 Å². The Hall–Kier alpha value is -1.18. The largest absolute Gasteiger partial charge is 0.407 e. The van der Waals surface area contributed by atoms with Crippen LogP contribution in [0, 0.1) is 0 Å². The minimum Gasteiger partial charge on any atom is -0.407 e. The van der Waals surface area contributed by atoms with Crippen molar-refractivity contribution in [3.8, 4) is 0 Å². The summed E-state index contributed by atoms with van der Waals surface area (Å²) in [6, 6.07) is 0.392. The first-order valence-corrected chi connectivity index (χ1v) is 6.27. The molecule has 1 heterocycles. The standard InChI is InChI=1S/C12H24N4O3/c1-12(2,3)14-7-10-15-16-11(19-10)13-6-9(18-5)8-17-4/h9,14H,6-8H2,1-5H3,(H,13,16). The molecule has 0 aliphatic rings. The lowest BCUT2D eigenvalue weighted by Crippen LogP contribution is -2.35. The maximum atomic E-state index is 5.46. The number of rotatable bonds is 8. The Kier molecular flexibility index (Phi) is 6.20. The first-order valence-electron chi connectivity index (χ1n) is 6.27. The molecule has 0 aromatic carbocycles. The number of nitrogens with zero attached hydrogens (tertiary/aromatic N) is 2. The minimum atomic E-state index is -0.0481. The number of anilines is 1. The minimum absolute atomic E-state index is 0.0155.